The fourth-order valence-corrected chi connectivity index (χ4v) is 14.8. The van der Waals surface area contributed by atoms with Crippen LogP contribution in [0.5, 0.6) is 0 Å². The number of anilines is 2. The van der Waals surface area contributed by atoms with Crippen LogP contribution in [0.15, 0.2) is 210 Å². The molecule has 0 aromatic heterocycles. The number of aliphatic imine (C=N–C) groups is 2. The van der Waals surface area contributed by atoms with Crippen molar-refractivity contribution in [2.75, 3.05) is 14.7 Å². The largest absolute Gasteiger partial charge is 2.00 e. The molecule has 0 fully saturated rings. The number of hydrogen-bond donors (Lipinski definition) is 0. The van der Waals surface area contributed by atoms with E-state index in [0.717, 1.165) is 11.4 Å². The van der Waals surface area contributed by atoms with E-state index in [2.05, 4.69) is 294 Å². The van der Waals surface area contributed by atoms with E-state index in [0.29, 0.717) is 0 Å². The number of alkyl halides is 2. The van der Waals surface area contributed by atoms with Gasteiger partial charge in [0.15, 0.2) is 0 Å². The maximum atomic E-state index is 9.75. The molecule has 0 amide bonds. The maximum absolute atomic E-state index is 9.75. The minimum absolute atomic E-state index is 0. The van der Waals surface area contributed by atoms with E-state index in [1.54, 1.807) is 0 Å². The first-order valence-electron chi connectivity index (χ1n) is 28.2. The van der Waals surface area contributed by atoms with E-state index in [9.17, 15) is 34.5 Å². The Morgan fingerprint density at radius 3 is 0.674 bits per heavy atom. The van der Waals surface area contributed by atoms with Crippen LogP contribution in [0.2, 0.25) is 0 Å². The zero-order valence-electron chi connectivity index (χ0n) is 53.4. The summed E-state index contributed by atoms with van der Waals surface area (Å²) in [5.41, 5.74) is 20.9. The number of halogens is 12. The molecule has 22 heteroatoms. The first kappa shape index (κ1) is 86.8. The van der Waals surface area contributed by atoms with Crippen molar-refractivity contribution in [2.24, 2.45) is 9.98 Å². The summed E-state index contributed by atoms with van der Waals surface area (Å²) in [6.07, 6.45) is 4.14. The second-order valence-corrected chi connectivity index (χ2v) is 25.9. The predicted octanol–water partition coefficient (Wildman–Crippen LogP) is 15.5. The smallest absolute Gasteiger partial charge is 1.00 e. The van der Waals surface area contributed by atoms with Gasteiger partial charge in [-0.15, -0.1) is 23.2 Å². The SMILES string of the molecule is Cc1cc(C)c(N=CN(c2c(C)cc(C)cc2C)P(c2ccccc2)c2ccccc2)c(C)c1.Cc1cc(C)c(N=CN(c2c(C)cc(C)cc2C)P(c2ccccc2)c2ccccc2)c(C)c1.Cc1ccccc1.ClCCl.F[B-](F)(F)F.F[B-](F)(F)F.[Cl-].[Cl-].[Pd+2].[Pd+2]. The van der Waals surface area contributed by atoms with E-state index < -0.39 is 30.7 Å². The molecule has 0 atom stereocenters. The molecule has 0 radical (unpaired) electrons. The Bertz CT molecular complexity index is 3260. The Balaban J connectivity index is 0.00000134. The molecule has 9 aromatic rings. The summed E-state index contributed by atoms with van der Waals surface area (Å²) >= 11 is 9.53. The van der Waals surface area contributed by atoms with Gasteiger partial charge in [0.2, 0.25) is 0 Å². The van der Waals surface area contributed by atoms with Crippen LogP contribution < -0.4 is 55.4 Å². The number of benzene rings is 9. The van der Waals surface area contributed by atoms with Crippen LogP contribution in [0.25, 0.3) is 0 Å². The summed E-state index contributed by atoms with van der Waals surface area (Å²) in [6, 6.07) is 71.5. The Morgan fingerprint density at radius 1 is 0.326 bits per heavy atom. The molecule has 0 aliphatic heterocycles. The van der Waals surface area contributed by atoms with E-state index in [1.807, 2.05) is 18.2 Å². The third-order valence-electron chi connectivity index (χ3n) is 13.0. The van der Waals surface area contributed by atoms with E-state index in [4.69, 9.17) is 33.2 Å². The Labute approximate surface area is 593 Å². The van der Waals surface area contributed by atoms with Crippen LogP contribution in [0.4, 0.5) is 57.3 Å². The predicted molar refractivity (Wildman–Crippen MR) is 370 cm³/mol. The molecule has 9 aromatic carbocycles. The maximum Gasteiger partial charge on any atom is 2.00 e. The zero-order chi connectivity index (χ0) is 65.3. The third-order valence-corrected chi connectivity index (χ3v) is 17.6. The fourth-order valence-electron chi connectivity index (χ4n) is 10.1. The van der Waals surface area contributed by atoms with Gasteiger partial charge in [-0.2, -0.15) is 0 Å². The molecular weight excluding hydrogens is 1490 g/mol. The molecule has 0 aliphatic rings. The molecule has 0 heterocycles. The summed E-state index contributed by atoms with van der Waals surface area (Å²) in [5, 5.41) is 5.39. The van der Waals surface area contributed by atoms with Gasteiger partial charge in [-0.1, -0.05) is 228 Å². The Hall–Kier alpha value is -5.17. The van der Waals surface area contributed by atoms with Crippen molar-refractivity contribution in [3.05, 3.63) is 273 Å². The molecule has 0 bridgehead atoms. The summed E-state index contributed by atoms with van der Waals surface area (Å²) < 4.78 is 82.8. The summed E-state index contributed by atoms with van der Waals surface area (Å²) in [7, 11) is -13.7. The van der Waals surface area contributed by atoms with Crippen LogP contribution >= 0.6 is 39.3 Å². The summed E-state index contributed by atoms with van der Waals surface area (Å²) in [4.78, 5) is 10.2. The number of hydrogen-bond acceptors (Lipinski definition) is 2. The molecule has 4 nitrogen and oxygen atoms in total. The first-order valence-corrected chi connectivity index (χ1v) is 31.8. The van der Waals surface area contributed by atoms with Crippen LogP contribution in [0.1, 0.15) is 72.3 Å². The standard InChI is InChI=1S/2C31H33N2P.C7H8.CH2Cl2.2BF4.2ClH.2Pd/c2*1-22-17-24(3)30(25(4)18-22)32-21-33(31-26(5)19-23(2)20-27(31)6)34(28-13-9-7-10-14-28)29-15-11-8-12-16-29;1-7-5-3-2-4-6-7;2-1-3;2*2-1(3,4)5;;;;/h2*7-21H,1-6H3;2-6H,1H3;1H2;;;2*1H;;/q;;;;2*-1;;;2*+2/p-2. The Kier molecular flexibility index (Phi) is 40.6. The molecule has 92 heavy (non-hydrogen) atoms. The van der Waals surface area contributed by atoms with Gasteiger partial charge >= 0.3 is 55.4 Å². The quantitative estimate of drug-likeness (QED) is 0.0305. The van der Waals surface area contributed by atoms with E-state index >= 15 is 0 Å². The second kappa shape index (κ2) is 43.0. The van der Waals surface area contributed by atoms with Gasteiger partial charge < -0.3 is 68.7 Å². The average Bonchev–Trinajstić information content (AvgIpc) is 0.853. The molecule has 0 N–H and O–H groups in total. The van der Waals surface area contributed by atoms with Crippen molar-refractivity contribution in [2.45, 2.75) is 90.0 Å². The first-order chi connectivity index (χ1) is 41.5. The molecule has 496 valence electrons. The van der Waals surface area contributed by atoms with Gasteiger partial charge in [-0.25, -0.2) is 9.98 Å². The van der Waals surface area contributed by atoms with Crippen molar-refractivity contribution in [1.82, 2.24) is 0 Å². The fraction of sp³-hybridized carbons (Fsp3) is 0.200. The van der Waals surface area contributed by atoms with Gasteiger partial charge in [0.25, 0.3) is 0 Å². The van der Waals surface area contributed by atoms with Gasteiger partial charge in [0.05, 0.1) is 56.9 Å². The van der Waals surface area contributed by atoms with Crippen molar-refractivity contribution in [1.29, 1.82) is 0 Å². The van der Waals surface area contributed by atoms with Crippen LogP contribution in [0, 0.1) is 90.0 Å². The minimum Gasteiger partial charge on any atom is -1.00 e. The van der Waals surface area contributed by atoms with Crippen molar-refractivity contribution in [3.63, 3.8) is 0 Å². The molecule has 0 saturated carbocycles. The van der Waals surface area contributed by atoms with E-state index in [-0.39, 0.29) is 71.0 Å². The second-order valence-electron chi connectivity index (χ2n) is 20.9. The third kappa shape index (κ3) is 30.1. The molecular formula is C70H76B2Cl4F8N4P2Pd2. The molecule has 0 aliphatic carbocycles. The van der Waals surface area contributed by atoms with Crippen LogP contribution in [0.3, 0.4) is 0 Å². The zero-order valence-corrected chi connectivity index (χ0v) is 61.3. The Morgan fingerprint density at radius 2 is 0.500 bits per heavy atom. The summed E-state index contributed by atoms with van der Waals surface area (Å²) in [6.45, 7) is 28.1. The van der Waals surface area contributed by atoms with Crippen molar-refractivity contribution < 1.29 is 100 Å². The van der Waals surface area contributed by atoms with Gasteiger partial charge in [0, 0.05) is 21.2 Å². The number of nitrogens with zero attached hydrogens (tertiary/aromatic N) is 4. The molecule has 0 saturated heterocycles. The van der Waals surface area contributed by atoms with Gasteiger partial charge in [0.1, 0.15) is 0 Å². The van der Waals surface area contributed by atoms with Gasteiger partial charge in [-0.3, -0.25) is 0 Å². The normalized spacial score (nSPS) is 10.6. The molecule has 0 unspecified atom stereocenters. The van der Waals surface area contributed by atoms with Gasteiger partial charge in [-0.05, 0) is 135 Å². The number of rotatable bonds is 12. The number of aryl methyl sites for hydroxylation is 13. The van der Waals surface area contributed by atoms with Crippen molar-refractivity contribution in [3.8, 4) is 0 Å². The van der Waals surface area contributed by atoms with Crippen LogP contribution in [-0.2, 0) is 40.8 Å². The average molecular weight is 1560 g/mol. The topological polar surface area (TPSA) is 31.2 Å². The van der Waals surface area contributed by atoms with E-state index in [1.165, 1.54) is 105 Å². The van der Waals surface area contributed by atoms with Crippen LogP contribution in [-0.4, -0.2) is 32.5 Å². The molecule has 0 spiro atoms. The monoisotopic (exact) mass is 1560 g/mol. The molecule has 9 rings (SSSR count). The minimum atomic E-state index is -6.00. The van der Waals surface area contributed by atoms with Crippen molar-refractivity contribution >= 4 is 111 Å². The summed E-state index contributed by atoms with van der Waals surface area (Å²) in [5.74, 6) is 0.